The lowest BCUT2D eigenvalue weighted by molar-refractivity contribution is -0.124. The zero-order chi connectivity index (χ0) is 21.3. The number of pyridine rings is 1. The van der Waals surface area contributed by atoms with Gasteiger partial charge in [0.2, 0.25) is 0 Å². The molecule has 1 aliphatic rings. The van der Waals surface area contributed by atoms with Crippen molar-refractivity contribution in [3.63, 3.8) is 0 Å². The number of carbonyl (C=O) groups is 2. The number of nitrogens with zero attached hydrogens (tertiary/aromatic N) is 2. The second kappa shape index (κ2) is 8.20. The van der Waals surface area contributed by atoms with E-state index in [4.69, 9.17) is 10.5 Å². The number of ether oxygens (including phenoxy) is 1. The van der Waals surface area contributed by atoms with Crippen molar-refractivity contribution in [3.8, 4) is 5.75 Å². The molecule has 0 bridgehead atoms. The molecule has 1 aromatic heterocycles. The van der Waals surface area contributed by atoms with Gasteiger partial charge in [0.15, 0.2) is 6.10 Å². The highest BCUT2D eigenvalue weighted by molar-refractivity contribution is 7.99. The molecule has 0 aliphatic carbocycles. The van der Waals surface area contributed by atoms with E-state index in [-0.39, 0.29) is 12.5 Å². The van der Waals surface area contributed by atoms with E-state index in [0.717, 1.165) is 4.90 Å². The van der Waals surface area contributed by atoms with Crippen LogP contribution in [0.1, 0.15) is 21.5 Å². The first-order chi connectivity index (χ1) is 14.4. The van der Waals surface area contributed by atoms with Crippen molar-refractivity contribution < 1.29 is 14.3 Å². The molecule has 0 saturated carbocycles. The Morgan fingerprint density at radius 2 is 1.90 bits per heavy atom. The largest absolute Gasteiger partial charge is 0.477 e. The number of hydrogen-bond acceptors (Lipinski definition) is 5. The number of carbonyl (C=O) groups excluding carboxylic acids is 2. The van der Waals surface area contributed by atoms with Crippen LogP contribution in [0, 0.1) is 13.8 Å². The van der Waals surface area contributed by atoms with E-state index in [1.807, 2.05) is 12.1 Å². The molecular weight excluding hydrogens is 398 g/mol. The van der Waals surface area contributed by atoms with Gasteiger partial charge in [0.1, 0.15) is 10.8 Å². The van der Waals surface area contributed by atoms with E-state index in [2.05, 4.69) is 31.0 Å². The maximum Gasteiger partial charge on any atom is 0.261 e. The predicted molar refractivity (Wildman–Crippen MR) is 116 cm³/mol. The molecule has 1 atom stereocenters. The maximum absolute atomic E-state index is 13.5. The molecule has 1 aliphatic heterocycles. The van der Waals surface area contributed by atoms with E-state index >= 15 is 0 Å². The van der Waals surface area contributed by atoms with Gasteiger partial charge in [-0.1, -0.05) is 30.0 Å². The number of nitrogens with two attached hydrogens (primary N) is 1. The summed E-state index contributed by atoms with van der Waals surface area (Å²) in [6.07, 6.45) is 0.760. The third-order valence-corrected chi connectivity index (χ3v) is 6.04. The molecule has 0 fully saturated rings. The topological polar surface area (TPSA) is 85.5 Å². The van der Waals surface area contributed by atoms with Crippen LogP contribution >= 0.6 is 11.8 Å². The van der Waals surface area contributed by atoms with Crippen molar-refractivity contribution in [3.05, 3.63) is 77.5 Å². The SMILES string of the molecule is Cc1ccc(Sc2ncccc2C(=O)N2CC(C(N)=O)Oc3ccccc32)cc1C. The Bertz CT molecular complexity index is 1130. The molecule has 2 amide bonds. The first-order valence-electron chi connectivity index (χ1n) is 9.51. The van der Waals surface area contributed by atoms with Crippen LogP contribution in [-0.2, 0) is 4.79 Å². The Morgan fingerprint density at radius 3 is 2.67 bits per heavy atom. The van der Waals surface area contributed by atoms with Gasteiger partial charge >= 0.3 is 0 Å². The lowest BCUT2D eigenvalue weighted by Crippen LogP contribution is -2.49. The van der Waals surface area contributed by atoms with Gasteiger partial charge in [-0.15, -0.1) is 0 Å². The quantitative estimate of drug-likeness (QED) is 0.696. The van der Waals surface area contributed by atoms with Gasteiger partial charge in [0.25, 0.3) is 11.8 Å². The van der Waals surface area contributed by atoms with Gasteiger partial charge in [0, 0.05) is 11.1 Å². The Labute approximate surface area is 179 Å². The highest BCUT2D eigenvalue weighted by Crippen LogP contribution is 2.36. The van der Waals surface area contributed by atoms with E-state index in [1.165, 1.54) is 27.8 Å². The highest BCUT2D eigenvalue weighted by atomic mass is 32.2. The summed E-state index contributed by atoms with van der Waals surface area (Å²) in [5.74, 6) is -0.414. The van der Waals surface area contributed by atoms with Crippen molar-refractivity contribution >= 4 is 29.3 Å². The summed E-state index contributed by atoms with van der Waals surface area (Å²) in [6, 6.07) is 16.7. The van der Waals surface area contributed by atoms with Crippen LogP contribution < -0.4 is 15.4 Å². The third kappa shape index (κ3) is 3.89. The average molecular weight is 420 g/mol. The fourth-order valence-electron chi connectivity index (χ4n) is 3.24. The van der Waals surface area contributed by atoms with E-state index in [0.29, 0.717) is 22.0 Å². The lowest BCUT2D eigenvalue weighted by atomic mass is 10.1. The van der Waals surface area contributed by atoms with E-state index in [1.54, 1.807) is 36.5 Å². The van der Waals surface area contributed by atoms with Gasteiger partial charge < -0.3 is 15.4 Å². The number of aromatic nitrogens is 1. The first-order valence-corrected chi connectivity index (χ1v) is 10.3. The molecule has 2 aromatic carbocycles. The molecule has 6 nitrogen and oxygen atoms in total. The minimum absolute atomic E-state index is 0.0494. The number of amides is 2. The summed E-state index contributed by atoms with van der Waals surface area (Å²) in [5, 5.41) is 0.602. The van der Waals surface area contributed by atoms with Gasteiger partial charge in [-0.25, -0.2) is 4.98 Å². The molecule has 0 radical (unpaired) electrons. The molecule has 3 aromatic rings. The van der Waals surface area contributed by atoms with Crippen molar-refractivity contribution in [2.24, 2.45) is 5.73 Å². The average Bonchev–Trinajstić information content (AvgIpc) is 2.75. The molecule has 2 heterocycles. The standard InChI is InChI=1S/C23H21N3O3S/c1-14-9-10-16(12-15(14)2)30-22-17(6-5-11-25-22)23(28)26-13-20(21(24)27)29-19-8-4-3-7-18(19)26/h3-12,20H,13H2,1-2H3,(H2,24,27). The number of primary amides is 1. The van der Waals surface area contributed by atoms with Crippen LogP contribution in [0.15, 0.2) is 70.7 Å². The Morgan fingerprint density at radius 1 is 1.10 bits per heavy atom. The number of aryl methyl sites for hydroxylation is 2. The molecule has 1 unspecified atom stereocenters. The van der Waals surface area contributed by atoms with Crippen LogP contribution in [0.4, 0.5) is 5.69 Å². The van der Waals surface area contributed by atoms with Crippen molar-refractivity contribution in [1.82, 2.24) is 4.98 Å². The monoisotopic (exact) mass is 419 g/mol. The van der Waals surface area contributed by atoms with Crippen molar-refractivity contribution in [2.75, 3.05) is 11.4 Å². The Balaban J connectivity index is 1.70. The number of anilines is 1. The molecule has 2 N–H and O–H groups in total. The maximum atomic E-state index is 13.5. The molecule has 7 heteroatoms. The fraction of sp³-hybridized carbons (Fsp3) is 0.174. The Kier molecular flexibility index (Phi) is 5.46. The van der Waals surface area contributed by atoms with Crippen LogP contribution in [0.5, 0.6) is 5.75 Å². The zero-order valence-corrected chi connectivity index (χ0v) is 17.5. The van der Waals surface area contributed by atoms with Gasteiger partial charge in [-0.3, -0.25) is 9.59 Å². The second-order valence-corrected chi connectivity index (χ2v) is 8.16. The highest BCUT2D eigenvalue weighted by Gasteiger charge is 2.34. The van der Waals surface area contributed by atoms with E-state index in [9.17, 15) is 9.59 Å². The summed E-state index contributed by atoms with van der Waals surface area (Å²) < 4.78 is 5.67. The first kappa shape index (κ1) is 20.0. The summed E-state index contributed by atoms with van der Waals surface area (Å²) in [4.78, 5) is 32.3. The van der Waals surface area contributed by atoms with Gasteiger partial charge in [-0.05, 0) is 61.4 Å². The van der Waals surface area contributed by atoms with Crippen LogP contribution in [0.2, 0.25) is 0 Å². The lowest BCUT2D eigenvalue weighted by Gasteiger charge is -2.33. The minimum Gasteiger partial charge on any atom is -0.477 e. The fourth-order valence-corrected chi connectivity index (χ4v) is 4.22. The smallest absolute Gasteiger partial charge is 0.261 e. The molecule has 152 valence electrons. The predicted octanol–water partition coefficient (Wildman–Crippen LogP) is 3.74. The van der Waals surface area contributed by atoms with Gasteiger partial charge in [0.05, 0.1) is 17.8 Å². The summed E-state index contributed by atoms with van der Waals surface area (Å²) in [6.45, 7) is 4.16. The minimum atomic E-state index is -0.906. The van der Waals surface area contributed by atoms with Crippen molar-refractivity contribution in [1.29, 1.82) is 0 Å². The second-order valence-electron chi connectivity index (χ2n) is 7.10. The summed E-state index contributed by atoms with van der Waals surface area (Å²) in [5.41, 5.74) is 8.91. The number of rotatable bonds is 4. The molecule has 4 rings (SSSR count). The van der Waals surface area contributed by atoms with Gasteiger partial charge in [-0.2, -0.15) is 0 Å². The van der Waals surface area contributed by atoms with Crippen LogP contribution in [0.3, 0.4) is 0 Å². The number of fused-ring (bicyclic) bond motifs is 1. The summed E-state index contributed by atoms with van der Waals surface area (Å²) >= 11 is 1.44. The van der Waals surface area contributed by atoms with Crippen LogP contribution in [0.25, 0.3) is 0 Å². The molecule has 0 spiro atoms. The normalized spacial score (nSPS) is 15.3. The van der Waals surface area contributed by atoms with E-state index < -0.39 is 12.0 Å². The number of benzene rings is 2. The van der Waals surface area contributed by atoms with Crippen molar-refractivity contribution in [2.45, 2.75) is 29.9 Å². The Hall–Kier alpha value is -3.32. The summed E-state index contributed by atoms with van der Waals surface area (Å²) in [7, 11) is 0. The van der Waals surface area contributed by atoms with Crippen LogP contribution in [-0.4, -0.2) is 29.4 Å². The number of para-hydroxylation sites is 2. The third-order valence-electron chi connectivity index (χ3n) is 5.03. The molecule has 30 heavy (non-hydrogen) atoms. The zero-order valence-electron chi connectivity index (χ0n) is 16.7. The molecular formula is C23H21N3O3S. The number of hydrogen-bond donors (Lipinski definition) is 1. The molecule has 0 saturated heterocycles.